The highest BCUT2D eigenvalue weighted by Gasteiger charge is 2.04. The zero-order valence-corrected chi connectivity index (χ0v) is 5.77. The molecule has 1 aliphatic heterocycles. The average molecular weight is 122 g/mol. The summed E-state index contributed by atoms with van der Waals surface area (Å²) in [6, 6.07) is 0. The summed E-state index contributed by atoms with van der Waals surface area (Å²) in [6.07, 6.45) is 4.81. The third kappa shape index (κ3) is 1.48. The monoisotopic (exact) mass is 122 g/mol. The molecule has 1 nitrogen and oxygen atoms in total. The molecular formula is C8H10O. The molecule has 48 valence electrons. The molecule has 0 unspecified atom stereocenters. The summed E-state index contributed by atoms with van der Waals surface area (Å²) in [5, 5.41) is 0. The highest BCUT2D eigenvalue weighted by molar-refractivity contribution is 5.11. The van der Waals surface area contributed by atoms with E-state index in [0.29, 0.717) is 0 Å². The molecule has 0 atom stereocenters. The summed E-state index contributed by atoms with van der Waals surface area (Å²) in [6.45, 7) is 3.88. The number of ether oxygens (including phenoxy) is 1. The topological polar surface area (TPSA) is 9.23 Å². The fraction of sp³-hybridized carbons (Fsp3) is 0.375. The molecule has 0 spiro atoms. The first-order chi connectivity index (χ1) is 4.33. The summed E-state index contributed by atoms with van der Waals surface area (Å²) in [4.78, 5) is 0. The van der Waals surface area contributed by atoms with E-state index in [0.717, 1.165) is 17.9 Å². The van der Waals surface area contributed by atoms with Crippen LogP contribution in [0.1, 0.15) is 20.3 Å². The van der Waals surface area contributed by atoms with E-state index in [2.05, 4.69) is 5.73 Å². The van der Waals surface area contributed by atoms with E-state index < -0.39 is 0 Å². The van der Waals surface area contributed by atoms with Crippen molar-refractivity contribution in [1.82, 2.24) is 0 Å². The van der Waals surface area contributed by atoms with Crippen LogP contribution >= 0.6 is 0 Å². The lowest BCUT2D eigenvalue weighted by Crippen LogP contribution is -1.75. The van der Waals surface area contributed by atoms with Gasteiger partial charge in [0.1, 0.15) is 5.76 Å². The molecule has 9 heavy (non-hydrogen) atoms. The number of allylic oxidation sites excluding steroid dienone is 2. The lowest BCUT2D eigenvalue weighted by atomic mass is 10.3. The highest BCUT2D eigenvalue weighted by atomic mass is 16.5. The maximum atomic E-state index is 5.24. The largest absolute Gasteiger partial charge is 0.458 e. The van der Waals surface area contributed by atoms with E-state index in [9.17, 15) is 0 Å². The van der Waals surface area contributed by atoms with Gasteiger partial charge < -0.3 is 4.74 Å². The minimum atomic E-state index is 0.899. The van der Waals surface area contributed by atoms with Crippen molar-refractivity contribution >= 4 is 0 Å². The normalized spacial score (nSPS) is 16.2. The van der Waals surface area contributed by atoms with Gasteiger partial charge in [-0.25, -0.2) is 0 Å². The van der Waals surface area contributed by atoms with Gasteiger partial charge in [0.2, 0.25) is 0 Å². The quantitative estimate of drug-likeness (QED) is 0.448. The van der Waals surface area contributed by atoms with Crippen LogP contribution in [0.25, 0.3) is 0 Å². The smallest absolute Gasteiger partial charge is 0.149 e. The fourth-order valence-corrected chi connectivity index (χ4v) is 0.763. The predicted octanol–water partition coefficient (Wildman–Crippen LogP) is 2.37. The van der Waals surface area contributed by atoms with E-state index in [-0.39, 0.29) is 0 Å². The van der Waals surface area contributed by atoms with E-state index in [4.69, 9.17) is 4.74 Å². The molecule has 0 aliphatic carbocycles. The van der Waals surface area contributed by atoms with E-state index in [1.54, 1.807) is 0 Å². The van der Waals surface area contributed by atoms with E-state index in [1.807, 2.05) is 26.0 Å². The Morgan fingerprint density at radius 3 is 3.00 bits per heavy atom. The molecule has 0 aromatic rings. The summed E-state index contributed by atoms with van der Waals surface area (Å²) < 4.78 is 5.24. The van der Waals surface area contributed by atoms with Crippen molar-refractivity contribution in [2.75, 3.05) is 0 Å². The molecule has 0 N–H and O–H groups in total. The molecular weight excluding hydrogens is 112 g/mol. The van der Waals surface area contributed by atoms with Gasteiger partial charge in [0.25, 0.3) is 0 Å². The molecule has 0 radical (unpaired) electrons. The summed E-state index contributed by atoms with van der Waals surface area (Å²) in [5.74, 6) is 1.91. The first-order valence-electron chi connectivity index (χ1n) is 3.07. The van der Waals surface area contributed by atoms with Crippen molar-refractivity contribution in [3.63, 3.8) is 0 Å². The average Bonchev–Trinajstić information content (AvgIpc) is 2.17. The van der Waals surface area contributed by atoms with Crippen molar-refractivity contribution < 1.29 is 4.74 Å². The highest BCUT2D eigenvalue weighted by Crippen LogP contribution is 2.17. The van der Waals surface area contributed by atoms with Gasteiger partial charge in [0.15, 0.2) is 0 Å². The Morgan fingerprint density at radius 2 is 2.56 bits per heavy atom. The van der Waals surface area contributed by atoms with Crippen molar-refractivity contribution in [2.24, 2.45) is 0 Å². The molecule has 0 bridgehead atoms. The van der Waals surface area contributed by atoms with Gasteiger partial charge in [-0.3, -0.25) is 0 Å². The Hall–Kier alpha value is -0.940. The van der Waals surface area contributed by atoms with E-state index >= 15 is 0 Å². The molecule has 1 rings (SSSR count). The third-order valence-corrected chi connectivity index (χ3v) is 1.16. The lowest BCUT2D eigenvalue weighted by Gasteiger charge is -1.93. The van der Waals surface area contributed by atoms with Crippen LogP contribution in [0, 0.1) is 0 Å². The number of hydrogen-bond acceptors (Lipinski definition) is 1. The van der Waals surface area contributed by atoms with Crippen LogP contribution in [-0.2, 0) is 4.74 Å². The van der Waals surface area contributed by atoms with Crippen LogP contribution in [0.3, 0.4) is 0 Å². The van der Waals surface area contributed by atoms with Crippen molar-refractivity contribution in [2.45, 2.75) is 20.3 Å². The Labute approximate surface area is 55.3 Å². The molecule has 0 saturated carbocycles. The van der Waals surface area contributed by atoms with Gasteiger partial charge in [-0.2, -0.15) is 0 Å². The standard InChI is InChI=1S/C8H10O/c1-3-4-8-6-5-7(2)9-8/h3,5H,6H2,1-2H3. The molecule has 0 aromatic heterocycles. The van der Waals surface area contributed by atoms with Gasteiger partial charge in [-0.15, -0.1) is 0 Å². The summed E-state index contributed by atoms with van der Waals surface area (Å²) in [5.41, 5.74) is 2.99. The first-order valence-corrected chi connectivity index (χ1v) is 3.07. The molecule has 0 fully saturated rings. The van der Waals surface area contributed by atoms with Crippen LogP contribution < -0.4 is 0 Å². The number of rotatable bonds is 0. The minimum absolute atomic E-state index is 0.899. The van der Waals surface area contributed by atoms with Gasteiger partial charge in [-0.05, 0) is 26.0 Å². The van der Waals surface area contributed by atoms with Crippen LogP contribution in [0.2, 0.25) is 0 Å². The van der Waals surface area contributed by atoms with Crippen LogP contribution in [0.15, 0.2) is 29.4 Å². The Morgan fingerprint density at radius 1 is 1.78 bits per heavy atom. The van der Waals surface area contributed by atoms with E-state index in [1.165, 1.54) is 0 Å². The second-order valence-electron chi connectivity index (χ2n) is 1.98. The maximum absolute atomic E-state index is 5.24. The minimum Gasteiger partial charge on any atom is -0.458 e. The van der Waals surface area contributed by atoms with Crippen LogP contribution in [0.5, 0.6) is 0 Å². The summed E-state index contributed by atoms with van der Waals surface area (Å²) in [7, 11) is 0. The fourth-order valence-electron chi connectivity index (χ4n) is 0.763. The molecule has 0 aromatic carbocycles. The Kier molecular flexibility index (Phi) is 1.76. The second kappa shape index (κ2) is 2.56. The predicted molar refractivity (Wildman–Crippen MR) is 36.7 cm³/mol. The third-order valence-electron chi connectivity index (χ3n) is 1.16. The van der Waals surface area contributed by atoms with Gasteiger partial charge in [-0.1, -0.05) is 5.73 Å². The van der Waals surface area contributed by atoms with Gasteiger partial charge >= 0.3 is 0 Å². The van der Waals surface area contributed by atoms with Crippen molar-refractivity contribution in [3.8, 4) is 0 Å². The first kappa shape index (κ1) is 6.18. The molecule has 1 heteroatoms. The summed E-state index contributed by atoms with van der Waals surface area (Å²) >= 11 is 0. The zero-order chi connectivity index (χ0) is 6.69. The Bertz CT molecular complexity index is 193. The molecule has 0 saturated heterocycles. The van der Waals surface area contributed by atoms with Gasteiger partial charge in [0.05, 0.1) is 5.76 Å². The molecule has 1 heterocycles. The molecule has 1 aliphatic rings. The number of hydrogen-bond donors (Lipinski definition) is 0. The molecule has 0 amide bonds. The van der Waals surface area contributed by atoms with Crippen molar-refractivity contribution in [3.05, 3.63) is 29.4 Å². The van der Waals surface area contributed by atoms with Gasteiger partial charge in [0, 0.05) is 6.42 Å². The lowest BCUT2D eigenvalue weighted by molar-refractivity contribution is 0.326. The Balaban J connectivity index is 2.67. The second-order valence-corrected chi connectivity index (χ2v) is 1.98. The van der Waals surface area contributed by atoms with Crippen molar-refractivity contribution in [1.29, 1.82) is 0 Å². The SMILES string of the molecule is CC=C=C1CC=C(C)O1. The zero-order valence-electron chi connectivity index (χ0n) is 5.77. The maximum Gasteiger partial charge on any atom is 0.149 e. The van der Waals surface area contributed by atoms with Crippen LogP contribution in [-0.4, -0.2) is 0 Å². The van der Waals surface area contributed by atoms with Crippen LogP contribution in [0.4, 0.5) is 0 Å².